The highest BCUT2D eigenvalue weighted by Crippen LogP contribution is 2.28. The van der Waals surface area contributed by atoms with E-state index >= 15 is 0 Å². The van der Waals surface area contributed by atoms with Crippen molar-refractivity contribution in [1.82, 2.24) is 9.21 Å². The highest BCUT2D eigenvalue weighted by molar-refractivity contribution is 7.97. The Morgan fingerprint density at radius 1 is 0.821 bits per heavy atom. The van der Waals surface area contributed by atoms with E-state index in [1.54, 1.807) is 0 Å². The van der Waals surface area contributed by atoms with E-state index in [9.17, 15) is 0 Å². The van der Waals surface area contributed by atoms with Gasteiger partial charge in [0.15, 0.2) is 0 Å². The Balaban J connectivity index is 1.37. The van der Waals surface area contributed by atoms with Crippen LogP contribution in [0.2, 0.25) is 5.02 Å². The monoisotopic (exact) mass is 408 g/mol. The molecule has 3 aromatic rings. The molecular formula is C24H25ClN2S. The largest absolute Gasteiger partial charge is 0.296 e. The third kappa shape index (κ3) is 4.98. The summed E-state index contributed by atoms with van der Waals surface area (Å²) in [7, 11) is 0. The minimum Gasteiger partial charge on any atom is -0.296 e. The number of hydrogen-bond acceptors (Lipinski definition) is 3. The Morgan fingerprint density at radius 3 is 2.21 bits per heavy atom. The molecule has 1 saturated heterocycles. The maximum atomic E-state index is 6.06. The summed E-state index contributed by atoms with van der Waals surface area (Å²) in [6, 6.07) is 25.7. The molecule has 3 aromatic carbocycles. The van der Waals surface area contributed by atoms with E-state index in [1.165, 1.54) is 27.1 Å². The molecule has 0 aromatic heterocycles. The number of benzene rings is 3. The summed E-state index contributed by atoms with van der Waals surface area (Å²) in [5.74, 6) is 0. The van der Waals surface area contributed by atoms with E-state index < -0.39 is 0 Å². The SMILES string of the molecule is Cc1ccc(SN2CCN(Cc3ccccc3-c3ccc(Cl)cc3)CC2)cc1. The second kappa shape index (κ2) is 9.15. The maximum Gasteiger partial charge on any atom is 0.0406 e. The molecule has 0 spiro atoms. The lowest BCUT2D eigenvalue weighted by Gasteiger charge is -2.34. The van der Waals surface area contributed by atoms with E-state index in [0.29, 0.717) is 0 Å². The molecule has 0 unspecified atom stereocenters. The van der Waals surface area contributed by atoms with Crippen molar-refractivity contribution in [1.29, 1.82) is 0 Å². The first kappa shape index (κ1) is 19.5. The molecule has 0 bridgehead atoms. The highest BCUT2D eigenvalue weighted by Gasteiger charge is 2.19. The summed E-state index contributed by atoms with van der Waals surface area (Å²) < 4.78 is 2.48. The molecule has 0 aliphatic carbocycles. The Morgan fingerprint density at radius 2 is 1.50 bits per heavy atom. The Labute approximate surface area is 177 Å². The Bertz CT molecular complexity index is 901. The van der Waals surface area contributed by atoms with Crippen molar-refractivity contribution in [2.45, 2.75) is 18.4 Å². The van der Waals surface area contributed by atoms with Crippen molar-refractivity contribution in [2.24, 2.45) is 0 Å². The van der Waals surface area contributed by atoms with E-state index in [2.05, 4.69) is 76.8 Å². The van der Waals surface area contributed by atoms with Crippen molar-refractivity contribution in [3.63, 3.8) is 0 Å². The molecule has 0 atom stereocenters. The van der Waals surface area contributed by atoms with Crippen LogP contribution < -0.4 is 0 Å². The minimum absolute atomic E-state index is 0.781. The van der Waals surface area contributed by atoms with Crippen LogP contribution in [0.5, 0.6) is 0 Å². The van der Waals surface area contributed by atoms with Crippen LogP contribution in [0, 0.1) is 6.92 Å². The topological polar surface area (TPSA) is 6.48 Å². The van der Waals surface area contributed by atoms with Crippen LogP contribution >= 0.6 is 23.5 Å². The summed E-state index contributed by atoms with van der Waals surface area (Å²) in [6.45, 7) is 7.47. The number of nitrogens with zero attached hydrogens (tertiary/aromatic N) is 2. The van der Waals surface area contributed by atoms with Crippen LogP contribution in [0.1, 0.15) is 11.1 Å². The molecule has 1 heterocycles. The predicted molar refractivity (Wildman–Crippen MR) is 121 cm³/mol. The Hall–Kier alpha value is -1.78. The molecular weight excluding hydrogens is 384 g/mol. The van der Waals surface area contributed by atoms with E-state index in [1.807, 2.05) is 24.1 Å². The van der Waals surface area contributed by atoms with E-state index in [4.69, 9.17) is 11.6 Å². The van der Waals surface area contributed by atoms with Crippen LogP contribution in [-0.4, -0.2) is 35.4 Å². The van der Waals surface area contributed by atoms with Gasteiger partial charge in [0.2, 0.25) is 0 Å². The van der Waals surface area contributed by atoms with Crippen molar-refractivity contribution >= 4 is 23.5 Å². The molecule has 4 rings (SSSR count). The number of aryl methyl sites for hydroxylation is 1. The third-order valence-electron chi connectivity index (χ3n) is 5.15. The highest BCUT2D eigenvalue weighted by atomic mass is 35.5. The minimum atomic E-state index is 0.781. The van der Waals surface area contributed by atoms with Crippen molar-refractivity contribution < 1.29 is 0 Å². The molecule has 4 heteroatoms. The molecule has 28 heavy (non-hydrogen) atoms. The van der Waals surface area contributed by atoms with Gasteiger partial charge < -0.3 is 0 Å². The van der Waals surface area contributed by atoms with Gasteiger partial charge in [-0.2, -0.15) is 0 Å². The Kier molecular flexibility index (Phi) is 6.38. The molecule has 1 aliphatic heterocycles. The van der Waals surface area contributed by atoms with Gasteiger partial charge in [-0.3, -0.25) is 4.90 Å². The summed E-state index contributed by atoms with van der Waals surface area (Å²) in [5.41, 5.74) is 5.22. The average molecular weight is 409 g/mol. The molecule has 2 nitrogen and oxygen atoms in total. The van der Waals surface area contributed by atoms with Gasteiger partial charge in [-0.05, 0) is 59.8 Å². The van der Waals surface area contributed by atoms with Crippen molar-refractivity contribution in [3.8, 4) is 11.1 Å². The number of halogens is 1. The van der Waals surface area contributed by atoms with Gasteiger partial charge in [-0.1, -0.05) is 65.7 Å². The van der Waals surface area contributed by atoms with E-state index in [-0.39, 0.29) is 0 Å². The van der Waals surface area contributed by atoms with Gasteiger partial charge in [0.25, 0.3) is 0 Å². The zero-order valence-electron chi connectivity index (χ0n) is 16.1. The standard InChI is InChI=1S/C24H25ClN2S/c1-19-6-12-23(13-7-19)28-27-16-14-26(15-17-27)18-21-4-2-3-5-24(21)20-8-10-22(25)11-9-20/h2-13H,14-18H2,1H3. The first-order chi connectivity index (χ1) is 13.7. The lowest BCUT2D eigenvalue weighted by Crippen LogP contribution is -2.42. The smallest absolute Gasteiger partial charge is 0.0406 e. The molecule has 144 valence electrons. The predicted octanol–water partition coefficient (Wildman–Crippen LogP) is 6.14. The third-order valence-corrected chi connectivity index (χ3v) is 6.51. The zero-order valence-corrected chi connectivity index (χ0v) is 17.7. The quantitative estimate of drug-likeness (QED) is 0.468. The van der Waals surface area contributed by atoms with Crippen LogP contribution in [0.15, 0.2) is 77.7 Å². The molecule has 1 aliphatic rings. The van der Waals surface area contributed by atoms with Gasteiger partial charge in [-0.25, -0.2) is 4.31 Å². The fourth-order valence-corrected chi connectivity index (χ4v) is 4.57. The molecule has 0 N–H and O–H groups in total. The summed E-state index contributed by atoms with van der Waals surface area (Å²) in [5, 5.41) is 0.781. The first-order valence-corrected chi connectivity index (χ1v) is 10.9. The summed E-state index contributed by atoms with van der Waals surface area (Å²) in [6.07, 6.45) is 0. The normalized spacial score (nSPS) is 15.6. The zero-order chi connectivity index (χ0) is 19.3. The lowest BCUT2D eigenvalue weighted by molar-refractivity contribution is 0.189. The van der Waals surface area contributed by atoms with Crippen LogP contribution in [0.3, 0.4) is 0 Å². The summed E-state index contributed by atoms with van der Waals surface area (Å²) in [4.78, 5) is 3.88. The van der Waals surface area contributed by atoms with Gasteiger partial charge in [0.05, 0.1) is 0 Å². The number of hydrogen-bond donors (Lipinski definition) is 0. The van der Waals surface area contributed by atoms with E-state index in [0.717, 1.165) is 37.7 Å². The first-order valence-electron chi connectivity index (χ1n) is 9.73. The van der Waals surface area contributed by atoms with Gasteiger partial charge in [0, 0.05) is 42.6 Å². The second-order valence-electron chi connectivity index (χ2n) is 7.27. The van der Waals surface area contributed by atoms with Gasteiger partial charge in [0.1, 0.15) is 0 Å². The molecule has 0 saturated carbocycles. The second-order valence-corrected chi connectivity index (χ2v) is 8.88. The van der Waals surface area contributed by atoms with Crippen LogP contribution in [-0.2, 0) is 6.54 Å². The van der Waals surface area contributed by atoms with Crippen LogP contribution in [0.25, 0.3) is 11.1 Å². The number of piperazine rings is 1. The van der Waals surface area contributed by atoms with Crippen molar-refractivity contribution in [2.75, 3.05) is 26.2 Å². The maximum absolute atomic E-state index is 6.06. The van der Waals surface area contributed by atoms with Gasteiger partial charge >= 0.3 is 0 Å². The lowest BCUT2D eigenvalue weighted by atomic mass is 9.99. The van der Waals surface area contributed by atoms with Crippen molar-refractivity contribution in [3.05, 3.63) is 88.9 Å². The fourth-order valence-electron chi connectivity index (χ4n) is 3.54. The summed E-state index contributed by atoms with van der Waals surface area (Å²) >= 11 is 7.94. The molecule has 0 amide bonds. The number of rotatable bonds is 5. The molecule has 1 fully saturated rings. The average Bonchev–Trinajstić information content (AvgIpc) is 2.72. The molecule has 0 radical (unpaired) electrons. The van der Waals surface area contributed by atoms with Gasteiger partial charge in [-0.15, -0.1) is 0 Å². The van der Waals surface area contributed by atoms with Crippen LogP contribution in [0.4, 0.5) is 0 Å². The fraction of sp³-hybridized carbons (Fsp3) is 0.250.